The molecule has 2 aromatic carbocycles. The third-order valence-electron chi connectivity index (χ3n) is 4.28. The predicted octanol–water partition coefficient (Wildman–Crippen LogP) is 5.40. The number of azo groups is 1. The summed E-state index contributed by atoms with van der Waals surface area (Å²) in [6.07, 6.45) is 0. The SMILES string of the molecule is O=C(O)c1ccc(N=Nc2c(O)n(C3CSC3)c3ccc(Cl)cc23)cc1. The van der Waals surface area contributed by atoms with Crippen molar-refractivity contribution >= 4 is 51.6 Å². The highest BCUT2D eigenvalue weighted by atomic mass is 35.5. The summed E-state index contributed by atoms with van der Waals surface area (Å²) in [4.78, 5) is 10.9. The fourth-order valence-corrected chi connectivity index (χ4v) is 3.79. The number of carboxylic acids is 1. The number of aromatic hydroxyl groups is 1. The van der Waals surface area contributed by atoms with Gasteiger partial charge in [0.15, 0.2) is 5.69 Å². The van der Waals surface area contributed by atoms with Gasteiger partial charge in [-0.2, -0.15) is 16.9 Å². The van der Waals surface area contributed by atoms with Gasteiger partial charge in [-0.1, -0.05) is 11.6 Å². The van der Waals surface area contributed by atoms with Crippen LogP contribution in [0.3, 0.4) is 0 Å². The van der Waals surface area contributed by atoms with Crippen molar-refractivity contribution in [3.05, 3.63) is 53.1 Å². The van der Waals surface area contributed by atoms with Gasteiger partial charge in [0.1, 0.15) is 0 Å². The molecule has 2 heterocycles. The van der Waals surface area contributed by atoms with E-state index in [2.05, 4.69) is 10.2 Å². The monoisotopic (exact) mass is 387 g/mol. The minimum atomic E-state index is -0.998. The van der Waals surface area contributed by atoms with Crippen LogP contribution in [0.4, 0.5) is 11.4 Å². The van der Waals surface area contributed by atoms with Gasteiger partial charge in [-0.05, 0) is 42.5 Å². The summed E-state index contributed by atoms with van der Waals surface area (Å²) in [7, 11) is 0. The van der Waals surface area contributed by atoms with Gasteiger partial charge < -0.3 is 14.8 Å². The Hall–Kier alpha value is -2.51. The summed E-state index contributed by atoms with van der Waals surface area (Å²) >= 11 is 7.94. The van der Waals surface area contributed by atoms with Gasteiger partial charge in [-0.3, -0.25) is 0 Å². The van der Waals surface area contributed by atoms with Crippen LogP contribution in [0, 0.1) is 0 Å². The van der Waals surface area contributed by atoms with Gasteiger partial charge in [0.05, 0.1) is 22.8 Å². The molecule has 0 bridgehead atoms. The molecule has 4 rings (SSSR count). The maximum absolute atomic E-state index is 10.9. The first-order valence-corrected chi connectivity index (χ1v) is 9.43. The van der Waals surface area contributed by atoms with Gasteiger partial charge in [-0.15, -0.1) is 5.11 Å². The highest BCUT2D eigenvalue weighted by Crippen LogP contribution is 2.45. The van der Waals surface area contributed by atoms with Gasteiger partial charge in [0, 0.05) is 21.9 Å². The zero-order valence-corrected chi connectivity index (χ0v) is 15.0. The van der Waals surface area contributed by atoms with Crippen LogP contribution in [-0.4, -0.2) is 32.3 Å². The van der Waals surface area contributed by atoms with Crippen LogP contribution in [0.5, 0.6) is 5.88 Å². The number of thioether (sulfide) groups is 1. The first-order valence-electron chi connectivity index (χ1n) is 7.90. The lowest BCUT2D eigenvalue weighted by Gasteiger charge is -2.27. The van der Waals surface area contributed by atoms with E-state index < -0.39 is 5.97 Å². The number of rotatable bonds is 4. The second-order valence-electron chi connectivity index (χ2n) is 5.95. The van der Waals surface area contributed by atoms with E-state index in [1.165, 1.54) is 12.1 Å². The number of nitrogens with zero attached hydrogens (tertiary/aromatic N) is 3. The number of carbonyl (C=O) groups is 1. The number of halogens is 1. The van der Waals surface area contributed by atoms with Crippen molar-refractivity contribution in [1.29, 1.82) is 0 Å². The molecule has 0 radical (unpaired) electrons. The maximum atomic E-state index is 10.9. The Morgan fingerprint density at radius 2 is 1.88 bits per heavy atom. The van der Waals surface area contributed by atoms with Crippen molar-refractivity contribution in [1.82, 2.24) is 4.57 Å². The molecule has 1 saturated heterocycles. The smallest absolute Gasteiger partial charge is 0.335 e. The van der Waals surface area contributed by atoms with Crippen LogP contribution in [0.2, 0.25) is 5.02 Å². The first-order chi connectivity index (χ1) is 12.5. The molecule has 6 nitrogen and oxygen atoms in total. The molecule has 8 heteroatoms. The van der Waals surface area contributed by atoms with Crippen LogP contribution in [0.15, 0.2) is 52.7 Å². The van der Waals surface area contributed by atoms with Crippen LogP contribution in [0.1, 0.15) is 16.4 Å². The number of benzene rings is 2. The lowest BCUT2D eigenvalue weighted by molar-refractivity contribution is 0.0697. The fraction of sp³-hybridized carbons (Fsp3) is 0.167. The molecular formula is C18H14ClN3O3S. The number of aromatic nitrogens is 1. The van der Waals surface area contributed by atoms with Crippen LogP contribution in [-0.2, 0) is 0 Å². The second-order valence-corrected chi connectivity index (χ2v) is 7.46. The molecule has 0 saturated carbocycles. The van der Waals surface area contributed by atoms with E-state index in [4.69, 9.17) is 16.7 Å². The first kappa shape index (κ1) is 16.9. The zero-order valence-electron chi connectivity index (χ0n) is 13.5. The summed E-state index contributed by atoms with van der Waals surface area (Å²) in [6, 6.07) is 11.7. The van der Waals surface area contributed by atoms with E-state index in [1.54, 1.807) is 24.3 Å². The summed E-state index contributed by atoms with van der Waals surface area (Å²) in [5, 5.41) is 29.3. The van der Waals surface area contributed by atoms with E-state index >= 15 is 0 Å². The molecule has 0 aliphatic carbocycles. The van der Waals surface area contributed by atoms with Crippen molar-refractivity contribution in [2.75, 3.05) is 11.5 Å². The predicted molar refractivity (Wildman–Crippen MR) is 103 cm³/mol. The molecule has 2 N–H and O–H groups in total. The molecular weight excluding hydrogens is 374 g/mol. The van der Waals surface area contributed by atoms with Gasteiger partial charge in [-0.25, -0.2) is 4.79 Å². The molecule has 1 aliphatic rings. The van der Waals surface area contributed by atoms with Crippen LogP contribution >= 0.6 is 23.4 Å². The summed E-state index contributed by atoms with van der Waals surface area (Å²) in [6.45, 7) is 0. The standard InChI is InChI=1S/C18H14ClN3O3S/c19-11-3-6-15-14(7-11)16(17(23)22(15)13-8-26-9-13)21-20-12-4-1-10(2-5-12)18(24)25/h1-7,13,23H,8-9H2,(H,24,25). The molecule has 0 atom stereocenters. The highest BCUT2D eigenvalue weighted by Gasteiger charge is 2.27. The van der Waals surface area contributed by atoms with Crippen molar-refractivity contribution in [2.45, 2.75) is 6.04 Å². The average molecular weight is 388 g/mol. The largest absolute Gasteiger partial charge is 0.493 e. The van der Waals surface area contributed by atoms with E-state index in [0.29, 0.717) is 16.4 Å². The maximum Gasteiger partial charge on any atom is 0.335 e. The molecule has 0 amide bonds. The van der Waals surface area contributed by atoms with Crippen LogP contribution in [0.25, 0.3) is 10.9 Å². The molecule has 3 aromatic rings. The number of hydrogen-bond acceptors (Lipinski definition) is 5. The third kappa shape index (κ3) is 2.93. The Kier molecular flexibility index (Phi) is 4.34. The Morgan fingerprint density at radius 1 is 1.15 bits per heavy atom. The van der Waals surface area contributed by atoms with Crippen molar-refractivity contribution in [2.24, 2.45) is 10.2 Å². The second kappa shape index (κ2) is 6.66. The third-order valence-corrected chi connectivity index (χ3v) is 5.75. The van der Waals surface area contributed by atoms with Crippen LogP contribution < -0.4 is 0 Å². The number of aromatic carboxylic acids is 1. The quantitative estimate of drug-likeness (QED) is 0.586. The zero-order chi connectivity index (χ0) is 18.3. The Balaban J connectivity index is 1.76. The molecule has 132 valence electrons. The van der Waals surface area contributed by atoms with Crippen molar-refractivity contribution in [3.8, 4) is 5.88 Å². The summed E-state index contributed by atoms with van der Waals surface area (Å²) in [5.74, 6) is 0.945. The molecule has 1 fully saturated rings. The van der Waals surface area contributed by atoms with E-state index in [9.17, 15) is 9.90 Å². The molecule has 0 unspecified atom stereocenters. The normalized spacial score (nSPS) is 14.8. The minimum Gasteiger partial charge on any atom is -0.493 e. The number of fused-ring (bicyclic) bond motifs is 1. The molecule has 26 heavy (non-hydrogen) atoms. The van der Waals surface area contributed by atoms with E-state index in [1.807, 2.05) is 22.4 Å². The lowest BCUT2D eigenvalue weighted by atomic mass is 10.2. The Labute approximate surface area is 158 Å². The van der Waals surface area contributed by atoms with E-state index in [-0.39, 0.29) is 17.5 Å². The topological polar surface area (TPSA) is 87.2 Å². The van der Waals surface area contributed by atoms with Crippen molar-refractivity contribution < 1.29 is 15.0 Å². The highest BCUT2D eigenvalue weighted by molar-refractivity contribution is 8.00. The Morgan fingerprint density at radius 3 is 2.50 bits per heavy atom. The lowest BCUT2D eigenvalue weighted by Crippen LogP contribution is -2.22. The fourth-order valence-electron chi connectivity index (χ4n) is 2.88. The average Bonchev–Trinajstić information content (AvgIpc) is 2.84. The summed E-state index contributed by atoms with van der Waals surface area (Å²) < 4.78 is 1.88. The van der Waals surface area contributed by atoms with Gasteiger partial charge in [0.25, 0.3) is 0 Å². The number of carboxylic acid groups (broad SMARTS) is 1. The Bertz CT molecular complexity index is 1030. The summed E-state index contributed by atoms with van der Waals surface area (Å²) in [5.41, 5.74) is 1.91. The molecule has 1 aliphatic heterocycles. The number of hydrogen-bond donors (Lipinski definition) is 2. The van der Waals surface area contributed by atoms with Crippen molar-refractivity contribution in [3.63, 3.8) is 0 Å². The van der Waals surface area contributed by atoms with E-state index in [0.717, 1.165) is 22.4 Å². The van der Waals surface area contributed by atoms with Gasteiger partial charge in [0.2, 0.25) is 5.88 Å². The molecule has 0 spiro atoms. The minimum absolute atomic E-state index is 0.0680. The molecule has 1 aromatic heterocycles. The van der Waals surface area contributed by atoms with Gasteiger partial charge >= 0.3 is 5.97 Å².